The number of anilines is 1. The van der Waals surface area contributed by atoms with Crippen LogP contribution < -0.4 is 16.3 Å². The molecule has 2 aromatic carbocycles. The Balaban J connectivity index is 1.34. The maximum Gasteiger partial charge on any atom is 0.225 e. The minimum absolute atomic E-state index is 0.151. The first-order chi connectivity index (χ1) is 16.6. The Hall–Kier alpha value is -2.96. The van der Waals surface area contributed by atoms with Crippen LogP contribution in [-0.4, -0.2) is 35.5 Å². The van der Waals surface area contributed by atoms with E-state index >= 15 is 0 Å². The number of hydrogen-bond donors (Lipinski definition) is 3. The monoisotopic (exact) mass is 475 g/mol. The lowest BCUT2D eigenvalue weighted by Crippen LogP contribution is -2.37. The number of halogens is 1. The van der Waals surface area contributed by atoms with Gasteiger partial charge in [-0.25, -0.2) is 0 Å². The second-order valence-electron chi connectivity index (χ2n) is 9.70. The molecule has 1 amide bonds. The van der Waals surface area contributed by atoms with Crippen LogP contribution in [0.15, 0.2) is 54.2 Å². The number of nitrogens with one attached hydrogen (secondary N) is 3. The van der Waals surface area contributed by atoms with E-state index in [4.69, 9.17) is 11.6 Å². The molecule has 176 valence electrons. The highest BCUT2D eigenvalue weighted by molar-refractivity contribution is 6.30. The first kappa shape index (κ1) is 21.6. The fraction of sp³-hybridized carbons (Fsp3) is 0.370. The Morgan fingerprint density at radius 2 is 2.00 bits per heavy atom. The number of nitrogens with zero attached hydrogens (tertiary/aromatic N) is 2. The average Bonchev–Trinajstić information content (AvgIpc) is 3.65. The van der Waals surface area contributed by atoms with E-state index in [1.165, 1.54) is 28.0 Å². The predicted octanol–water partition coefficient (Wildman–Crippen LogP) is 4.94. The normalized spacial score (nSPS) is 21.9. The molecule has 0 radical (unpaired) electrons. The summed E-state index contributed by atoms with van der Waals surface area (Å²) >= 11 is 6.27. The molecule has 1 atom stereocenters. The maximum atomic E-state index is 12.5. The van der Waals surface area contributed by atoms with E-state index in [2.05, 4.69) is 58.6 Å². The second-order valence-corrected chi connectivity index (χ2v) is 10.1. The van der Waals surface area contributed by atoms with Crippen LogP contribution >= 0.6 is 11.6 Å². The van der Waals surface area contributed by atoms with Gasteiger partial charge in [0.05, 0.1) is 17.4 Å². The van der Waals surface area contributed by atoms with Gasteiger partial charge in [0.15, 0.2) is 0 Å². The third-order valence-electron chi connectivity index (χ3n) is 7.31. The average molecular weight is 476 g/mol. The number of fused-ring (bicyclic) bond motifs is 3. The Morgan fingerprint density at radius 1 is 1.12 bits per heavy atom. The molecule has 1 saturated carbocycles. The summed E-state index contributed by atoms with van der Waals surface area (Å²) in [5.74, 6) is 0.626. The zero-order chi connectivity index (χ0) is 23.2. The number of carbonyl (C=O) groups excluding carboxylic acids is 1. The molecule has 0 saturated heterocycles. The SMILES string of the molecule is CC1=C2c3ccc(C4=CCN(C(=O)C5CC5)CC4)cc3C(Nc3cccc(Cl)c3)CCN2NN1. The number of allylic oxidation sites excluding steroid dienone is 1. The van der Waals surface area contributed by atoms with Gasteiger partial charge >= 0.3 is 0 Å². The summed E-state index contributed by atoms with van der Waals surface area (Å²) in [6, 6.07) is 14.9. The molecular formula is C27H30ClN5O. The number of rotatable bonds is 4. The molecule has 3 aliphatic heterocycles. The van der Waals surface area contributed by atoms with Crippen molar-refractivity contribution in [3.63, 3.8) is 0 Å². The van der Waals surface area contributed by atoms with Crippen molar-refractivity contribution in [3.05, 3.63) is 76.0 Å². The van der Waals surface area contributed by atoms with Crippen LogP contribution in [0.4, 0.5) is 5.69 Å². The molecular weight excluding hydrogens is 446 g/mol. The van der Waals surface area contributed by atoms with Gasteiger partial charge in [-0.2, -0.15) is 0 Å². The van der Waals surface area contributed by atoms with Crippen LogP contribution in [0.25, 0.3) is 11.3 Å². The number of benzene rings is 2. The van der Waals surface area contributed by atoms with Crippen molar-refractivity contribution in [2.24, 2.45) is 5.92 Å². The summed E-state index contributed by atoms with van der Waals surface area (Å²) in [6.07, 6.45) is 6.22. The number of hydrogen-bond acceptors (Lipinski definition) is 5. The molecule has 6 nitrogen and oxygen atoms in total. The standard InChI is InChI=1S/C27H30ClN5O/c1-17-26-23-8-7-20(18-9-12-32(13-10-18)27(34)19-5-6-19)15-24(23)25(11-14-33(26)31-30-17)29-22-4-2-3-21(28)16-22/h2-4,7-9,15-16,19,25,29-31H,5-6,10-14H2,1H3. The molecule has 1 unspecified atom stereocenters. The summed E-state index contributed by atoms with van der Waals surface area (Å²) in [5.41, 5.74) is 15.0. The number of carbonyl (C=O) groups is 1. The van der Waals surface area contributed by atoms with Gasteiger partial charge in [0.2, 0.25) is 5.91 Å². The summed E-state index contributed by atoms with van der Waals surface area (Å²) in [7, 11) is 0. The third-order valence-corrected chi connectivity index (χ3v) is 7.55. The molecule has 4 aliphatic rings. The molecule has 3 heterocycles. The van der Waals surface area contributed by atoms with Crippen molar-refractivity contribution in [1.29, 1.82) is 0 Å². The first-order valence-electron chi connectivity index (χ1n) is 12.2. The Labute approximate surface area is 205 Å². The highest BCUT2D eigenvalue weighted by atomic mass is 35.5. The van der Waals surface area contributed by atoms with Crippen molar-refractivity contribution in [2.75, 3.05) is 25.0 Å². The zero-order valence-corrected chi connectivity index (χ0v) is 20.2. The molecule has 1 fully saturated rings. The van der Waals surface area contributed by atoms with E-state index in [0.29, 0.717) is 5.91 Å². The van der Waals surface area contributed by atoms with Gasteiger partial charge in [0, 0.05) is 41.8 Å². The topological polar surface area (TPSA) is 59.6 Å². The summed E-state index contributed by atoms with van der Waals surface area (Å²) in [6.45, 7) is 4.52. The maximum absolute atomic E-state index is 12.5. The van der Waals surface area contributed by atoms with Gasteiger partial charge in [-0.05, 0) is 73.6 Å². The van der Waals surface area contributed by atoms with E-state index in [0.717, 1.165) is 61.7 Å². The van der Waals surface area contributed by atoms with Crippen LogP contribution in [0.3, 0.4) is 0 Å². The quantitative estimate of drug-likeness (QED) is 0.585. The van der Waals surface area contributed by atoms with Crippen molar-refractivity contribution in [2.45, 2.75) is 38.6 Å². The van der Waals surface area contributed by atoms with Crippen LogP contribution in [0.1, 0.15) is 55.3 Å². The Morgan fingerprint density at radius 3 is 2.76 bits per heavy atom. The van der Waals surface area contributed by atoms with Gasteiger partial charge in [-0.1, -0.05) is 35.9 Å². The van der Waals surface area contributed by atoms with Crippen molar-refractivity contribution in [3.8, 4) is 0 Å². The molecule has 34 heavy (non-hydrogen) atoms. The summed E-state index contributed by atoms with van der Waals surface area (Å²) in [5, 5.41) is 6.67. The van der Waals surface area contributed by atoms with Gasteiger partial charge in [-0.15, -0.1) is 5.53 Å². The lowest BCUT2D eigenvalue weighted by Gasteiger charge is -2.27. The molecule has 2 aromatic rings. The van der Waals surface area contributed by atoms with Crippen molar-refractivity contribution >= 4 is 34.5 Å². The molecule has 0 bridgehead atoms. The molecule has 0 aromatic heterocycles. The summed E-state index contributed by atoms with van der Waals surface area (Å²) in [4.78, 5) is 14.5. The van der Waals surface area contributed by atoms with Crippen molar-refractivity contribution < 1.29 is 4.79 Å². The molecule has 1 aliphatic carbocycles. The van der Waals surface area contributed by atoms with E-state index in [1.807, 2.05) is 23.1 Å². The van der Waals surface area contributed by atoms with E-state index in [9.17, 15) is 4.79 Å². The van der Waals surface area contributed by atoms with Gasteiger partial charge in [0.1, 0.15) is 0 Å². The fourth-order valence-corrected chi connectivity index (χ4v) is 5.50. The second kappa shape index (κ2) is 8.67. The predicted molar refractivity (Wildman–Crippen MR) is 136 cm³/mol. The fourth-order valence-electron chi connectivity index (χ4n) is 5.31. The van der Waals surface area contributed by atoms with E-state index in [-0.39, 0.29) is 12.0 Å². The van der Waals surface area contributed by atoms with Crippen LogP contribution in [0.5, 0.6) is 0 Å². The highest BCUT2D eigenvalue weighted by Crippen LogP contribution is 2.39. The highest BCUT2D eigenvalue weighted by Gasteiger charge is 2.34. The lowest BCUT2D eigenvalue weighted by molar-refractivity contribution is -0.132. The van der Waals surface area contributed by atoms with Gasteiger partial charge in [0.25, 0.3) is 0 Å². The lowest BCUT2D eigenvalue weighted by atomic mass is 9.90. The number of hydrazine groups is 2. The van der Waals surface area contributed by atoms with E-state index < -0.39 is 0 Å². The first-order valence-corrected chi connectivity index (χ1v) is 12.6. The smallest absolute Gasteiger partial charge is 0.225 e. The van der Waals surface area contributed by atoms with Crippen LogP contribution in [0.2, 0.25) is 5.02 Å². The van der Waals surface area contributed by atoms with E-state index in [1.54, 1.807) is 0 Å². The molecule has 6 rings (SSSR count). The minimum atomic E-state index is 0.151. The van der Waals surface area contributed by atoms with Crippen molar-refractivity contribution in [1.82, 2.24) is 20.9 Å². The van der Waals surface area contributed by atoms with Crippen LogP contribution in [-0.2, 0) is 4.79 Å². The van der Waals surface area contributed by atoms with Crippen LogP contribution in [0, 0.1) is 5.92 Å². The van der Waals surface area contributed by atoms with Gasteiger partial charge in [-0.3, -0.25) is 9.80 Å². The molecule has 7 heteroatoms. The number of amides is 1. The minimum Gasteiger partial charge on any atom is -0.378 e. The Kier molecular flexibility index (Phi) is 5.50. The van der Waals surface area contributed by atoms with Gasteiger partial charge < -0.3 is 15.6 Å². The zero-order valence-electron chi connectivity index (χ0n) is 19.4. The largest absolute Gasteiger partial charge is 0.378 e. The molecule has 0 spiro atoms. The Bertz CT molecular complexity index is 1200. The summed E-state index contributed by atoms with van der Waals surface area (Å²) < 4.78 is 0. The third kappa shape index (κ3) is 4.05. The molecule has 3 N–H and O–H groups in total.